The molecule has 5 heteroatoms. The topological polar surface area (TPSA) is 32.3 Å². The minimum Gasteiger partial charge on any atom is -0.508 e. The largest absolute Gasteiger partial charge is 0.508 e. The second kappa shape index (κ2) is 6.70. The van der Waals surface area contributed by atoms with Crippen molar-refractivity contribution < 1.29 is 5.11 Å². The molecule has 0 saturated carbocycles. The number of halogens is 3. The summed E-state index contributed by atoms with van der Waals surface area (Å²) in [6, 6.07) is 10.9. The van der Waals surface area contributed by atoms with E-state index in [1.165, 1.54) is 0 Å². The predicted molar refractivity (Wildman–Crippen MR) is 88.9 cm³/mol. The minimum atomic E-state index is -0.0362. The molecule has 2 rings (SSSR count). The van der Waals surface area contributed by atoms with Crippen LogP contribution in [0, 0.1) is 0 Å². The average molecular weight is 375 g/mol. The third-order valence-electron chi connectivity index (χ3n) is 3.09. The van der Waals surface area contributed by atoms with Crippen molar-refractivity contribution >= 4 is 44.8 Å². The van der Waals surface area contributed by atoms with E-state index in [0.29, 0.717) is 10.0 Å². The van der Waals surface area contributed by atoms with Gasteiger partial charge in [-0.15, -0.1) is 0 Å². The maximum absolute atomic E-state index is 9.95. The Bertz CT molecular complexity index is 619. The van der Waals surface area contributed by atoms with E-state index in [1.807, 2.05) is 31.2 Å². The van der Waals surface area contributed by atoms with E-state index < -0.39 is 0 Å². The van der Waals surface area contributed by atoms with Crippen molar-refractivity contribution in [2.75, 3.05) is 5.32 Å². The molecule has 0 saturated heterocycles. The van der Waals surface area contributed by atoms with Crippen molar-refractivity contribution in [1.29, 1.82) is 0 Å². The van der Waals surface area contributed by atoms with E-state index in [1.54, 1.807) is 12.1 Å². The third-order valence-corrected chi connectivity index (χ3v) is 4.86. The van der Waals surface area contributed by atoms with Crippen LogP contribution in [-0.4, -0.2) is 5.11 Å². The van der Waals surface area contributed by atoms with Gasteiger partial charge in [-0.05, 0) is 40.5 Å². The van der Waals surface area contributed by atoms with Crippen molar-refractivity contribution in [2.24, 2.45) is 0 Å². The van der Waals surface area contributed by atoms with Gasteiger partial charge in [-0.25, -0.2) is 0 Å². The average Bonchev–Trinajstić information content (AvgIpc) is 2.45. The third kappa shape index (κ3) is 3.22. The molecule has 0 aliphatic heterocycles. The van der Waals surface area contributed by atoms with Crippen molar-refractivity contribution in [3.63, 3.8) is 0 Å². The summed E-state index contributed by atoms with van der Waals surface area (Å²) in [5, 5.41) is 14.2. The first kappa shape index (κ1) is 15.5. The molecular weight excluding hydrogens is 361 g/mol. The lowest BCUT2D eigenvalue weighted by Gasteiger charge is -2.21. The summed E-state index contributed by atoms with van der Waals surface area (Å²) in [6.07, 6.45) is 0.807. The second-order valence-electron chi connectivity index (χ2n) is 4.39. The summed E-state index contributed by atoms with van der Waals surface area (Å²) in [5.41, 5.74) is 1.58. The SMILES string of the molecule is CCC(Nc1ccc(Br)c(Cl)c1Cl)c1ccccc1O. The van der Waals surface area contributed by atoms with Crippen molar-refractivity contribution in [2.45, 2.75) is 19.4 Å². The first-order chi connectivity index (χ1) is 9.54. The number of nitrogens with one attached hydrogen (secondary N) is 1. The Morgan fingerprint density at radius 3 is 2.50 bits per heavy atom. The maximum Gasteiger partial charge on any atom is 0.120 e. The smallest absolute Gasteiger partial charge is 0.120 e. The highest BCUT2D eigenvalue weighted by Gasteiger charge is 2.16. The summed E-state index contributed by atoms with van der Waals surface area (Å²) >= 11 is 15.7. The molecule has 0 bridgehead atoms. The lowest BCUT2D eigenvalue weighted by Crippen LogP contribution is -2.10. The molecule has 0 amide bonds. The fraction of sp³-hybridized carbons (Fsp3) is 0.200. The molecule has 1 unspecified atom stereocenters. The second-order valence-corrected chi connectivity index (χ2v) is 6.00. The van der Waals surface area contributed by atoms with E-state index in [9.17, 15) is 5.11 Å². The molecule has 2 N–H and O–H groups in total. The van der Waals surface area contributed by atoms with Crippen LogP contribution in [0.25, 0.3) is 0 Å². The van der Waals surface area contributed by atoms with Crippen LogP contribution in [-0.2, 0) is 0 Å². The number of benzene rings is 2. The minimum absolute atomic E-state index is 0.0362. The molecular formula is C15H14BrCl2NO. The zero-order chi connectivity index (χ0) is 14.7. The Hall–Kier alpha value is -0.900. The van der Waals surface area contributed by atoms with Gasteiger partial charge in [0.05, 0.1) is 21.8 Å². The van der Waals surface area contributed by atoms with E-state index >= 15 is 0 Å². The molecule has 106 valence electrons. The highest BCUT2D eigenvalue weighted by molar-refractivity contribution is 9.10. The summed E-state index contributed by atoms with van der Waals surface area (Å²) < 4.78 is 0.755. The molecule has 0 radical (unpaired) electrons. The van der Waals surface area contributed by atoms with Gasteiger partial charge in [-0.2, -0.15) is 0 Å². The first-order valence-corrected chi connectivity index (χ1v) is 7.77. The van der Waals surface area contributed by atoms with Gasteiger partial charge >= 0.3 is 0 Å². The molecule has 0 fully saturated rings. The zero-order valence-corrected chi connectivity index (χ0v) is 13.9. The van der Waals surface area contributed by atoms with E-state index in [4.69, 9.17) is 23.2 Å². The number of hydrogen-bond acceptors (Lipinski definition) is 2. The van der Waals surface area contributed by atoms with Gasteiger partial charge in [0.2, 0.25) is 0 Å². The molecule has 1 atom stereocenters. The van der Waals surface area contributed by atoms with Gasteiger partial charge in [-0.3, -0.25) is 0 Å². The Labute approximate surface area is 136 Å². The summed E-state index contributed by atoms with van der Waals surface area (Å²) in [5.74, 6) is 0.270. The Morgan fingerprint density at radius 1 is 1.15 bits per heavy atom. The number of aromatic hydroxyl groups is 1. The van der Waals surface area contributed by atoms with Crippen LogP contribution in [0.15, 0.2) is 40.9 Å². The van der Waals surface area contributed by atoms with Crippen LogP contribution in [0.4, 0.5) is 5.69 Å². The number of phenols is 1. The molecule has 0 aromatic heterocycles. The standard InChI is InChI=1S/C15H14BrCl2NO/c1-2-11(9-5-3-4-6-13(9)20)19-12-8-7-10(16)14(17)15(12)18/h3-8,11,19-20H,2H2,1H3. The Morgan fingerprint density at radius 2 is 1.85 bits per heavy atom. The molecule has 2 nitrogen and oxygen atoms in total. The molecule has 0 heterocycles. The molecule has 0 aliphatic rings. The van der Waals surface area contributed by atoms with Gasteiger partial charge in [0, 0.05) is 10.0 Å². The highest BCUT2D eigenvalue weighted by Crippen LogP contribution is 2.38. The highest BCUT2D eigenvalue weighted by atomic mass is 79.9. The summed E-state index contributed by atoms with van der Waals surface area (Å²) in [4.78, 5) is 0. The first-order valence-electron chi connectivity index (χ1n) is 6.22. The maximum atomic E-state index is 9.95. The van der Waals surface area contributed by atoms with E-state index in [-0.39, 0.29) is 11.8 Å². The number of anilines is 1. The number of para-hydroxylation sites is 1. The van der Waals surface area contributed by atoms with E-state index in [2.05, 4.69) is 21.2 Å². The molecule has 20 heavy (non-hydrogen) atoms. The summed E-state index contributed by atoms with van der Waals surface area (Å²) in [7, 11) is 0. The monoisotopic (exact) mass is 373 g/mol. The Balaban J connectivity index is 2.32. The van der Waals surface area contributed by atoms with Crippen molar-refractivity contribution in [1.82, 2.24) is 0 Å². The van der Waals surface area contributed by atoms with Crippen molar-refractivity contribution in [3.05, 3.63) is 56.5 Å². The van der Waals surface area contributed by atoms with Gasteiger partial charge in [0.15, 0.2) is 0 Å². The van der Waals surface area contributed by atoms with Gasteiger partial charge in [0.25, 0.3) is 0 Å². The fourth-order valence-corrected chi connectivity index (χ4v) is 2.84. The fourth-order valence-electron chi connectivity index (χ4n) is 2.01. The Kier molecular flexibility index (Phi) is 5.19. The van der Waals surface area contributed by atoms with Crippen molar-refractivity contribution in [3.8, 4) is 5.75 Å². The van der Waals surface area contributed by atoms with Gasteiger partial charge in [-0.1, -0.05) is 48.3 Å². The van der Waals surface area contributed by atoms with E-state index in [0.717, 1.165) is 22.1 Å². The van der Waals surface area contributed by atoms with Crippen LogP contribution in [0.5, 0.6) is 5.75 Å². The van der Waals surface area contributed by atoms with Crippen LogP contribution in [0.2, 0.25) is 10.0 Å². The number of hydrogen-bond donors (Lipinski definition) is 2. The molecule has 2 aromatic rings. The van der Waals surface area contributed by atoms with Gasteiger partial charge in [0.1, 0.15) is 5.75 Å². The lowest BCUT2D eigenvalue weighted by atomic mass is 10.0. The predicted octanol–water partition coefficient (Wildman–Crippen LogP) is 6.02. The van der Waals surface area contributed by atoms with Crippen LogP contribution in [0.1, 0.15) is 24.9 Å². The van der Waals surface area contributed by atoms with Crippen LogP contribution < -0.4 is 5.32 Å². The van der Waals surface area contributed by atoms with Crippen LogP contribution >= 0.6 is 39.1 Å². The van der Waals surface area contributed by atoms with Crippen LogP contribution in [0.3, 0.4) is 0 Å². The molecule has 0 spiro atoms. The van der Waals surface area contributed by atoms with Gasteiger partial charge < -0.3 is 10.4 Å². The number of phenolic OH excluding ortho intramolecular Hbond substituents is 1. The quantitative estimate of drug-likeness (QED) is 0.640. The summed E-state index contributed by atoms with van der Waals surface area (Å²) in [6.45, 7) is 2.04. The number of rotatable bonds is 4. The zero-order valence-electron chi connectivity index (χ0n) is 10.8. The lowest BCUT2D eigenvalue weighted by molar-refractivity contribution is 0.463. The normalized spacial score (nSPS) is 12.2. The molecule has 2 aromatic carbocycles. The molecule has 0 aliphatic carbocycles.